The van der Waals surface area contributed by atoms with Gasteiger partial charge in [0.2, 0.25) is 0 Å². The predicted octanol–water partition coefficient (Wildman–Crippen LogP) is 3.62. The third-order valence-corrected chi connectivity index (χ3v) is 5.36. The average Bonchev–Trinajstić information content (AvgIpc) is 3.13. The zero-order chi connectivity index (χ0) is 20.5. The Balaban J connectivity index is 1.66. The Hall–Kier alpha value is -3.55. The lowest BCUT2D eigenvalue weighted by atomic mass is 10.0. The topological polar surface area (TPSA) is 89.3 Å². The Kier molecular flexibility index (Phi) is 4.74. The second-order valence-corrected chi connectivity index (χ2v) is 7.25. The largest absolute Gasteiger partial charge is 0.478 e. The van der Waals surface area contributed by atoms with Gasteiger partial charge in [0.15, 0.2) is 0 Å². The van der Waals surface area contributed by atoms with Crippen molar-refractivity contribution in [3.63, 3.8) is 0 Å². The SMILES string of the molecule is O=C(O)c1ccc2cc3n(c2c1)C(OCc1cccnn1)CNCc1ccccc1-3. The fourth-order valence-electron chi connectivity index (χ4n) is 3.94. The molecule has 0 bridgehead atoms. The standard InChI is InChI=1S/C23H20N4O3/c28-23(29)16-8-7-15-10-21-19-6-2-1-4-17(19)12-24-13-22(27(21)20(15)11-16)30-14-18-5-3-9-25-26-18/h1-11,22,24H,12-14H2,(H,28,29). The number of benzene rings is 2. The van der Waals surface area contributed by atoms with E-state index in [2.05, 4.69) is 38.3 Å². The molecule has 0 fully saturated rings. The molecular formula is C23H20N4O3. The molecule has 0 aliphatic carbocycles. The minimum atomic E-state index is -0.950. The number of nitrogens with one attached hydrogen (secondary N) is 1. The van der Waals surface area contributed by atoms with Crippen molar-refractivity contribution in [3.8, 4) is 11.3 Å². The van der Waals surface area contributed by atoms with E-state index in [1.54, 1.807) is 18.3 Å². The zero-order valence-electron chi connectivity index (χ0n) is 16.2. The molecule has 1 unspecified atom stereocenters. The fraction of sp³-hybridized carbons (Fsp3) is 0.174. The van der Waals surface area contributed by atoms with Crippen molar-refractivity contribution < 1.29 is 14.6 Å². The highest BCUT2D eigenvalue weighted by Gasteiger charge is 2.24. The van der Waals surface area contributed by atoms with Crippen LogP contribution in [-0.2, 0) is 17.9 Å². The van der Waals surface area contributed by atoms with Crippen LogP contribution in [0.3, 0.4) is 0 Å². The van der Waals surface area contributed by atoms with Crippen LogP contribution in [0.25, 0.3) is 22.2 Å². The van der Waals surface area contributed by atoms with Gasteiger partial charge in [-0.3, -0.25) is 0 Å². The van der Waals surface area contributed by atoms with Crippen molar-refractivity contribution in [2.45, 2.75) is 19.4 Å². The first-order valence-electron chi connectivity index (χ1n) is 9.76. The smallest absolute Gasteiger partial charge is 0.335 e. The average molecular weight is 400 g/mol. The summed E-state index contributed by atoms with van der Waals surface area (Å²) >= 11 is 0. The molecular weight excluding hydrogens is 380 g/mol. The molecule has 5 rings (SSSR count). The lowest BCUT2D eigenvalue weighted by Crippen LogP contribution is -2.29. The molecule has 2 N–H and O–H groups in total. The van der Waals surface area contributed by atoms with Crippen molar-refractivity contribution in [1.29, 1.82) is 0 Å². The maximum Gasteiger partial charge on any atom is 0.335 e. The molecule has 0 saturated heterocycles. The fourth-order valence-corrected chi connectivity index (χ4v) is 3.94. The first-order chi connectivity index (χ1) is 14.7. The van der Waals surface area contributed by atoms with Crippen molar-refractivity contribution in [3.05, 3.63) is 83.7 Å². The van der Waals surface area contributed by atoms with Gasteiger partial charge in [-0.05, 0) is 35.9 Å². The van der Waals surface area contributed by atoms with Gasteiger partial charge in [-0.2, -0.15) is 10.2 Å². The first-order valence-corrected chi connectivity index (χ1v) is 9.76. The van der Waals surface area contributed by atoms with E-state index < -0.39 is 5.97 Å². The number of nitrogens with zero attached hydrogens (tertiary/aromatic N) is 3. The van der Waals surface area contributed by atoms with Gasteiger partial charge in [0.1, 0.15) is 6.23 Å². The quantitative estimate of drug-likeness (QED) is 0.544. The molecule has 2 aromatic carbocycles. The lowest BCUT2D eigenvalue weighted by molar-refractivity contribution is -0.00719. The van der Waals surface area contributed by atoms with Crippen LogP contribution in [0.5, 0.6) is 0 Å². The lowest BCUT2D eigenvalue weighted by Gasteiger charge is -2.27. The number of carboxylic acids is 1. The van der Waals surface area contributed by atoms with Gasteiger partial charge in [0, 0.05) is 30.2 Å². The van der Waals surface area contributed by atoms with Crippen LogP contribution < -0.4 is 5.32 Å². The van der Waals surface area contributed by atoms with Crippen LogP contribution >= 0.6 is 0 Å². The Bertz CT molecular complexity index is 1220. The Labute approximate surface area is 172 Å². The molecule has 0 saturated carbocycles. The summed E-state index contributed by atoms with van der Waals surface area (Å²) in [6, 6.07) is 19.2. The van der Waals surface area contributed by atoms with E-state index in [4.69, 9.17) is 4.74 Å². The van der Waals surface area contributed by atoms with Crippen LogP contribution in [0.4, 0.5) is 0 Å². The molecule has 0 radical (unpaired) electrons. The van der Waals surface area contributed by atoms with E-state index in [9.17, 15) is 9.90 Å². The number of rotatable bonds is 4. The Morgan fingerprint density at radius 1 is 1.17 bits per heavy atom. The first kappa shape index (κ1) is 18.5. The number of fused-ring (bicyclic) bond motifs is 5. The van der Waals surface area contributed by atoms with Crippen LogP contribution in [0, 0.1) is 0 Å². The molecule has 150 valence electrons. The molecule has 7 heteroatoms. The summed E-state index contributed by atoms with van der Waals surface area (Å²) in [7, 11) is 0. The van der Waals surface area contributed by atoms with Crippen LogP contribution in [0.15, 0.2) is 66.9 Å². The summed E-state index contributed by atoms with van der Waals surface area (Å²) in [5, 5.41) is 21.9. The maximum atomic E-state index is 11.6. The highest BCUT2D eigenvalue weighted by Crippen LogP contribution is 2.35. The van der Waals surface area contributed by atoms with Gasteiger partial charge in [0.25, 0.3) is 0 Å². The Morgan fingerprint density at radius 2 is 2.07 bits per heavy atom. The van der Waals surface area contributed by atoms with Crippen LogP contribution in [-0.4, -0.2) is 32.4 Å². The monoisotopic (exact) mass is 400 g/mol. The molecule has 1 atom stereocenters. The van der Waals surface area contributed by atoms with Crippen molar-refractivity contribution >= 4 is 16.9 Å². The van der Waals surface area contributed by atoms with E-state index in [0.29, 0.717) is 13.2 Å². The molecule has 0 spiro atoms. The van der Waals surface area contributed by atoms with Gasteiger partial charge < -0.3 is 19.7 Å². The second-order valence-electron chi connectivity index (χ2n) is 7.25. The summed E-state index contributed by atoms with van der Waals surface area (Å²) in [6.07, 6.45) is 1.29. The number of ether oxygens (including phenoxy) is 1. The highest BCUT2D eigenvalue weighted by molar-refractivity contribution is 5.95. The number of hydrogen-bond acceptors (Lipinski definition) is 5. The van der Waals surface area contributed by atoms with Crippen LogP contribution in [0.2, 0.25) is 0 Å². The minimum absolute atomic E-state index is 0.249. The summed E-state index contributed by atoms with van der Waals surface area (Å²) < 4.78 is 8.35. The summed E-state index contributed by atoms with van der Waals surface area (Å²) in [5.41, 5.74) is 5.11. The molecule has 1 aliphatic rings. The van der Waals surface area contributed by atoms with Crippen molar-refractivity contribution in [1.82, 2.24) is 20.1 Å². The molecule has 30 heavy (non-hydrogen) atoms. The summed E-state index contributed by atoms with van der Waals surface area (Å²) in [5.74, 6) is -0.950. The Morgan fingerprint density at radius 3 is 2.90 bits per heavy atom. The molecule has 7 nitrogen and oxygen atoms in total. The zero-order valence-corrected chi connectivity index (χ0v) is 16.2. The van der Waals surface area contributed by atoms with E-state index in [1.165, 1.54) is 5.56 Å². The normalized spacial score (nSPS) is 15.8. The third-order valence-electron chi connectivity index (χ3n) is 5.36. The third kappa shape index (κ3) is 3.34. The van der Waals surface area contributed by atoms with Gasteiger partial charge in [-0.15, -0.1) is 0 Å². The number of carbonyl (C=O) groups is 1. The van der Waals surface area contributed by atoms with E-state index in [0.717, 1.165) is 34.4 Å². The van der Waals surface area contributed by atoms with Crippen molar-refractivity contribution in [2.75, 3.05) is 6.54 Å². The van der Waals surface area contributed by atoms with Crippen LogP contribution in [0.1, 0.15) is 27.8 Å². The number of aromatic nitrogens is 3. The number of hydrogen-bond donors (Lipinski definition) is 2. The molecule has 3 heterocycles. The van der Waals surface area contributed by atoms with Gasteiger partial charge in [-0.25, -0.2) is 4.79 Å². The second kappa shape index (κ2) is 7.70. The number of aromatic carboxylic acids is 1. The molecule has 4 aromatic rings. The van der Waals surface area contributed by atoms with Crippen molar-refractivity contribution in [2.24, 2.45) is 0 Å². The maximum absolute atomic E-state index is 11.6. The summed E-state index contributed by atoms with van der Waals surface area (Å²) in [4.78, 5) is 11.6. The van der Waals surface area contributed by atoms with Gasteiger partial charge in [-0.1, -0.05) is 30.3 Å². The van der Waals surface area contributed by atoms with E-state index in [1.807, 2.05) is 30.3 Å². The van der Waals surface area contributed by atoms with Gasteiger partial charge in [0.05, 0.1) is 29.1 Å². The summed E-state index contributed by atoms with van der Waals surface area (Å²) in [6.45, 7) is 1.60. The van der Waals surface area contributed by atoms with Gasteiger partial charge >= 0.3 is 5.97 Å². The molecule has 1 aliphatic heterocycles. The minimum Gasteiger partial charge on any atom is -0.478 e. The predicted molar refractivity (Wildman–Crippen MR) is 112 cm³/mol. The highest BCUT2D eigenvalue weighted by atomic mass is 16.5. The number of carboxylic acid groups (broad SMARTS) is 1. The molecule has 0 amide bonds. The van der Waals surface area contributed by atoms with E-state index >= 15 is 0 Å². The van der Waals surface area contributed by atoms with E-state index in [-0.39, 0.29) is 11.8 Å². The molecule has 2 aromatic heterocycles.